The van der Waals surface area contributed by atoms with E-state index in [2.05, 4.69) is 90.5 Å². The Labute approximate surface area is 184 Å². The van der Waals surface area contributed by atoms with Crippen LogP contribution in [-0.4, -0.2) is 40.5 Å². The zero-order valence-electron chi connectivity index (χ0n) is 18.3. The molecule has 0 bridgehead atoms. The van der Waals surface area contributed by atoms with Crippen LogP contribution in [0.1, 0.15) is 50.3 Å². The van der Waals surface area contributed by atoms with E-state index < -0.39 is 0 Å². The second-order valence-corrected chi connectivity index (χ2v) is 9.39. The van der Waals surface area contributed by atoms with Crippen molar-refractivity contribution in [2.75, 3.05) is 13.1 Å². The zero-order chi connectivity index (χ0) is 21.0. The van der Waals surface area contributed by atoms with Gasteiger partial charge in [0.2, 0.25) is 5.72 Å². The minimum Gasteiger partial charge on any atom is -0.466 e. The van der Waals surface area contributed by atoms with Crippen LogP contribution in [0, 0.1) is 0 Å². The molecule has 0 N–H and O–H groups in total. The Morgan fingerprint density at radius 3 is 2.48 bits per heavy atom. The maximum atomic E-state index is 6.75. The van der Waals surface area contributed by atoms with Crippen molar-refractivity contribution in [3.8, 4) is 5.75 Å². The fourth-order valence-electron chi connectivity index (χ4n) is 5.49. The monoisotopic (exact) mass is 411 g/mol. The normalized spacial score (nSPS) is 22.4. The number of piperidine rings is 1. The molecule has 0 unspecified atom stereocenters. The fraction of sp³-hybridized carbons (Fsp3) is 0.370. The lowest BCUT2D eigenvalue weighted by Crippen LogP contribution is -2.59. The molecule has 0 radical (unpaired) electrons. The Bertz CT molecular complexity index is 1160. The molecule has 0 saturated carbocycles. The van der Waals surface area contributed by atoms with Crippen molar-refractivity contribution >= 4 is 16.5 Å². The summed E-state index contributed by atoms with van der Waals surface area (Å²) >= 11 is 0. The highest BCUT2D eigenvalue weighted by Crippen LogP contribution is 2.50. The number of likely N-dealkylation sites (tertiary alicyclic amines) is 1. The molecule has 1 atom stereocenters. The van der Waals surface area contributed by atoms with Crippen LogP contribution >= 0.6 is 0 Å². The van der Waals surface area contributed by atoms with Gasteiger partial charge < -0.3 is 9.64 Å². The summed E-state index contributed by atoms with van der Waals surface area (Å²) in [6.45, 7) is 6.65. The summed E-state index contributed by atoms with van der Waals surface area (Å²) in [6.07, 6.45) is 2.88. The van der Waals surface area contributed by atoms with Crippen LogP contribution in [0.4, 0.5) is 0 Å². The van der Waals surface area contributed by atoms with E-state index in [9.17, 15) is 0 Å². The molecule has 0 aromatic heterocycles. The molecule has 31 heavy (non-hydrogen) atoms. The van der Waals surface area contributed by atoms with Gasteiger partial charge in [-0.2, -0.15) is 5.10 Å². The minimum absolute atomic E-state index is 0.247. The van der Waals surface area contributed by atoms with Gasteiger partial charge in [-0.15, -0.1) is 0 Å². The summed E-state index contributed by atoms with van der Waals surface area (Å²) in [5.41, 5.74) is 3.31. The number of benzene rings is 3. The summed E-state index contributed by atoms with van der Waals surface area (Å²) in [5, 5.41) is 10.1. The van der Waals surface area contributed by atoms with E-state index in [1.54, 1.807) is 0 Å². The van der Waals surface area contributed by atoms with Crippen molar-refractivity contribution in [3.63, 3.8) is 0 Å². The Hall–Kier alpha value is -2.85. The van der Waals surface area contributed by atoms with Crippen LogP contribution in [0.2, 0.25) is 0 Å². The first-order valence-electron chi connectivity index (χ1n) is 11.5. The van der Waals surface area contributed by atoms with Crippen LogP contribution in [0.5, 0.6) is 5.75 Å². The molecule has 6 rings (SSSR count). The van der Waals surface area contributed by atoms with Crippen molar-refractivity contribution in [2.45, 2.75) is 50.9 Å². The molecule has 0 amide bonds. The van der Waals surface area contributed by atoms with Gasteiger partial charge in [-0.1, -0.05) is 54.6 Å². The molecule has 1 saturated heterocycles. The summed E-state index contributed by atoms with van der Waals surface area (Å²) in [6, 6.07) is 24.6. The van der Waals surface area contributed by atoms with Crippen LogP contribution in [0.15, 0.2) is 71.8 Å². The van der Waals surface area contributed by atoms with Gasteiger partial charge in [0.05, 0.1) is 11.8 Å². The summed E-state index contributed by atoms with van der Waals surface area (Å²) in [5.74, 6) is 1.04. The van der Waals surface area contributed by atoms with Gasteiger partial charge in [0.15, 0.2) is 0 Å². The van der Waals surface area contributed by atoms with Crippen molar-refractivity contribution in [3.05, 3.63) is 77.9 Å². The third-order valence-electron chi connectivity index (χ3n) is 7.30. The average Bonchev–Trinajstić information content (AvgIpc) is 3.26. The van der Waals surface area contributed by atoms with Crippen LogP contribution < -0.4 is 4.74 Å². The van der Waals surface area contributed by atoms with Crippen LogP contribution in [0.25, 0.3) is 10.8 Å². The maximum absolute atomic E-state index is 6.75. The number of hydrogen-bond acceptors (Lipinski definition) is 4. The lowest BCUT2D eigenvalue weighted by atomic mass is 9.90. The van der Waals surface area contributed by atoms with Gasteiger partial charge >= 0.3 is 0 Å². The Morgan fingerprint density at radius 2 is 1.68 bits per heavy atom. The van der Waals surface area contributed by atoms with E-state index >= 15 is 0 Å². The first-order valence-corrected chi connectivity index (χ1v) is 11.5. The molecular weight excluding hydrogens is 382 g/mol. The molecule has 3 aliphatic heterocycles. The largest absolute Gasteiger partial charge is 0.466 e. The zero-order valence-corrected chi connectivity index (χ0v) is 18.3. The molecule has 3 aliphatic rings. The smallest absolute Gasteiger partial charge is 0.200 e. The van der Waals surface area contributed by atoms with E-state index in [1.807, 2.05) is 0 Å². The van der Waals surface area contributed by atoms with Gasteiger partial charge in [0.25, 0.3) is 0 Å². The van der Waals surface area contributed by atoms with Gasteiger partial charge in [0, 0.05) is 44.0 Å². The molecule has 1 spiro atoms. The Balaban J connectivity index is 1.40. The highest BCUT2D eigenvalue weighted by molar-refractivity contribution is 6.04. The van der Waals surface area contributed by atoms with Crippen LogP contribution in [0.3, 0.4) is 0 Å². The van der Waals surface area contributed by atoms with E-state index in [1.165, 1.54) is 27.6 Å². The summed E-state index contributed by atoms with van der Waals surface area (Å²) in [4.78, 5) is 2.55. The van der Waals surface area contributed by atoms with Gasteiger partial charge in [-0.3, -0.25) is 0 Å². The lowest BCUT2D eigenvalue weighted by Gasteiger charge is -2.51. The minimum atomic E-state index is -0.344. The summed E-state index contributed by atoms with van der Waals surface area (Å²) < 4.78 is 6.75. The van der Waals surface area contributed by atoms with E-state index in [-0.39, 0.29) is 11.8 Å². The van der Waals surface area contributed by atoms with Crippen LogP contribution in [-0.2, 0) is 0 Å². The molecule has 3 aromatic rings. The Morgan fingerprint density at radius 1 is 0.935 bits per heavy atom. The van der Waals surface area contributed by atoms with E-state index in [0.717, 1.165) is 38.1 Å². The predicted octanol–water partition coefficient (Wildman–Crippen LogP) is 5.58. The number of hydrazone groups is 1. The molecule has 4 heteroatoms. The number of para-hydroxylation sites is 1. The predicted molar refractivity (Wildman–Crippen MR) is 125 cm³/mol. The maximum Gasteiger partial charge on any atom is 0.200 e. The molecule has 3 aromatic carbocycles. The topological polar surface area (TPSA) is 28.1 Å². The standard InChI is InChI=1S/C27H29N3O/c1-19(2)29-15-13-27(14-16-29)30-25(23-9-5-6-10-26(23)31-27)18-24(28-30)22-12-11-20-7-3-4-8-21(20)17-22/h3-12,17,19,25H,13-16,18H2,1-2H3/t25-/m0/s1. The number of nitrogens with zero attached hydrogens (tertiary/aromatic N) is 3. The van der Waals surface area contributed by atoms with Gasteiger partial charge in [-0.25, -0.2) is 5.01 Å². The third-order valence-corrected chi connectivity index (χ3v) is 7.30. The second kappa shape index (κ2) is 7.10. The van der Waals surface area contributed by atoms with Crippen molar-refractivity contribution < 1.29 is 4.74 Å². The average molecular weight is 412 g/mol. The Kier molecular flexibility index (Phi) is 4.32. The first-order chi connectivity index (χ1) is 15.1. The van der Waals surface area contributed by atoms with Crippen molar-refractivity contribution in [1.29, 1.82) is 0 Å². The van der Waals surface area contributed by atoms with E-state index in [0.29, 0.717) is 6.04 Å². The highest BCUT2D eigenvalue weighted by atomic mass is 16.5. The number of ether oxygens (including phenoxy) is 1. The number of hydrogen-bond donors (Lipinski definition) is 0. The second-order valence-electron chi connectivity index (χ2n) is 9.39. The highest BCUT2D eigenvalue weighted by Gasteiger charge is 2.51. The quantitative estimate of drug-likeness (QED) is 0.551. The fourth-order valence-corrected chi connectivity index (χ4v) is 5.49. The number of rotatable bonds is 2. The molecular formula is C27H29N3O. The lowest BCUT2D eigenvalue weighted by molar-refractivity contribution is -0.152. The third kappa shape index (κ3) is 3.04. The molecule has 0 aliphatic carbocycles. The molecule has 158 valence electrons. The van der Waals surface area contributed by atoms with Gasteiger partial charge in [0.1, 0.15) is 5.75 Å². The summed E-state index contributed by atoms with van der Waals surface area (Å²) in [7, 11) is 0. The van der Waals surface area contributed by atoms with E-state index in [4.69, 9.17) is 9.84 Å². The SMILES string of the molecule is CC(C)N1CCC2(CC1)Oc1ccccc1[C@@H]1CC(c3ccc4ccccc4c3)=NN12. The van der Waals surface area contributed by atoms with Crippen molar-refractivity contribution in [2.24, 2.45) is 5.10 Å². The van der Waals surface area contributed by atoms with Gasteiger partial charge in [-0.05, 0) is 42.3 Å². The molecule has 4 nitrogen and oxygen atoms in total. The molecule has 1 fully saturated rings. The first kappa shape index (κ1) is 18.9. The molecule has 3 heterocycles. The van der Waals surface area contributed by atoms with Crippen molar-refractivity contribution in [1.82, 2.24) is 9.91 Å². The number of fused-ring (bicyclic) bond motifs is 5.